The Kier molecular flexibility index (Phi) is 3.18. The molecule has 1 aromatic heterocycles. The van der Waals surface area contributed by atoms with Crippen LogP contribution in [0.2, 0.25) is 0 Å². The largest absolute Gasteiger partial charge is 0.482 e. The number of aryl methyl sites for hydroxylation is 1. The number of nitrogens with zero attached hydrogens (tertiary/aromatic N) is 1. The van der Waals surface area contributed by atoms with Gasteiger partial charge in [-0.05, 0) is 19.1 Å². The van der Waals surface area contributed by atoms with E-state index in [4.69, 9.17) is 9.26 Å². The average molecular weight is 235 g/mol. The van der Waals surface area contributed by atoms with Crippen LogP contribution >= 0.6 is 0 Å². The van der Waals surface area contributed by atoms with E-state index in [2.05, 4.69) is 5.16 Å². The van der Waals surface area contributed by atoms with Gasteiger partial charge in [-0.25, -0.2) is 4.39 Å². The van der Waals surface area contributed by atoms with Gasteiger partial charge in [0.25, 0.3) is 0 Å². The van der Waals surface area contributed by atoms with Gasteiger partial charge in [-0.3, -0.25) is 4.79 Å². The number of carbonyl (C=O) groups is 1. The molecule has 17 heavy (non-hydrogen) atoms. The third-order valence-electron chi connectivity index (χ3n) is 2.16. The fourth-order valence-electron chi connectivity index (χ4n) is 1.40. The maximum absolute atomic E-state index is 13.4. The molecule has 1 heterocycles. The van der Waals surface area contributed by atoms with Gasteiger partial charge in [0.1, 0.15) is 6.61 Å². The normalized spacial score (nSPS) is 10.2. The Hall–Kier alpha value is -2.17. The standard InChI is InChI=1S/C12H10FNO3/c1-8-5-10(17-14-8)7-16-12-9(6-15)3-2-4-11(12)13/h2-6H,7H2,1H3. The number of halogens is 1. The lowest BCUT2D eigenvalue weighted by atomic mass is 10.2. The Bertz CT molecular complexity index is 536. The van der Waals surface area contributed by atoms with Gasteiger partial charge in [-0.2, -0.15) is 0 Å². The number of hydrogen-bond donors (Lipinski definition) is 0. The summed E-state index contributed by atoms with van der Waals surface area (Å²) in [6.45, 7) is 1.80. The second kappa shape index (κ2) is 4.78. The first-order valence-electron chi connectivity index (χ1n) is 4.99. The molecule has 0 saturated carbocycles. The molecule has 0 saturated heterocycles. The zero-order valence-corrected chi connectivity index (χ0v) is 9.14. The third kappa shape index (κ3) is 2.50. The smallest absolute Gasteiger partial charge is 0.174 e. The summed E-state index contributed by atoms with van der Waals surface area (Å²) in [4.78, 5) is 10.7. The molecule has 0 radical (unpaired) electrons. The van der Waals surface area contributed by atoms with Gasteiger partial charge in [0.15, 0.2) is 23.6 Å². The SMILES string of the molecule is Cc1cc(COc2c(F)cccc2C=O)on1. The van der Waals surface area contributed by atoms with Gasteiger partial charge >= 0.3 is 0 Å². The third-order valence-corrected chi connectivity index (χ3v) is 2.16. The monoisotopic (exact) mass is 235 g/mol. The Balaban J connectivity index is 2.16. The zero-order valence-electron chi connectivity index (χ0n) is 9.14. The van der Waals surface area contributed by atoms with Crippen molar-refractivity contribution in [3.05, 3.63) is 47.1 Å². The van der Waals surface area contributed by atoms with E-state index in [0.29, 0.717) is 17.7 Å². The molecule has 0 fully saturated rings. The van der Waals surface area contributed by atoms with Crippen molar-refractivity contribution in [2.45, 2.75) is 13.5 Å². The van der Waals surface area contributed by atoms with E-state index in [9.17, 15) is 9.18 Å². The van der Waals surface area contributed by atoms with Crippen LogP contribution < -0.4 is 4.74 Å². The maximum Gasteiger partial charge on any atom is 0.174 e. The number of ether oxygens (including phenoxy) is 1. The van der Waals surface area contributed by atoms with E-state index in [1.54, 1.807) is 13.0 Å². The highest BCUT2D eigenvalue weighted by atomic mass is 19.1. The molecule has 0 aliphatic heterocycles. The van der Waals surface area contributed by atoms with Crippen LogP contribution in [0.15, 0.2) is 28.8 Å². The molecule has 5 heteroatoms. The number of hydrogen-bond acceptors (Lipinski definition) is 4. The van der Waals surface area contributed by atoms with Crippen molar-refractivity contribution in [3.8, 4) is 5.75 Å². The first-order chi connectivity index (χ1) is 8.20. The molecule has 0 amide bonds. The van der Waals surface area contributed by atoms with Crippen molar-refractivity contribution in [1.29, 1.82) is 0 Å². The predicted octanol–water partition coefficient (Wildman–Crippen LogP) is 2.51. The van der Waals surface area contributed by atoms with Crippen molar-refractivity contribution in [1.82, 2.24) is 5.16 Å². The molecule has 2 aromatic rings. The predicted molar refractivity (Wildman–Crippen MR) is 57.4 cm³/mol. The summed E-state index contributed by atoms with van der Waals surface area (Å²) >= 11 is 0. The maximum atomic E-state index is 13.4. The average Bonchev–Trinajstić information content (AvgIpc) is 2.73. The number of benzene rings is 1. The molecule has 1 aromatic carbocycles. The lowest BCUT2D eigenvalue weighted by Gasteiger charge is -2.06. The van der Waals surface area contributed by atoms with Crippen molar-refractivity contribution in [2.24, 2.45) is 0 Å². The molecule has 0 aliphatic carbocycles. The minimum atomic E-state index is -0.578. The van der Waals surface area contributed by atoms with Gasteiger partial charge in [0.05, 0.1) is 11.3 Å². The van der Waals surface area contributed by atoms with Crippen LogP contribution in [0, 0.1) is 12.7 Å². The zero-order chi connectivity index (χ0) is 12.3. The molecule has 0 spiro atoms. The van der Waals surface area contributed by atoms with Crippen LogP contribution in [0.25, 0.3) is 0 Å². The van der Waals surface area contributed by atoms with Crippen molar-refractivity contribution >= 4 is 6.29 Å². The van der Waals surface area contributed by atoms with E-state index in [0.717, 1.165) is 0 Å². The molecule has 0 N–H and O–H groups in total. The van der Waals surface area contributed by atoms with E-state index in [1.165, 1.54) is 18.2 Å². The number of aromatic nitrogens is 1. The van der Waals surface area contributed by atoms with E-state index < -0.39 is 5.82 Å². The molecule has 0 aliphatic rings. The molecule has 88 valence electrons. The highest BCUT2D eigenvalue weighted by Crippen LogP contribution is 2.22. The van der Waals surface area contributed by atoms with Crippen LogP contribution in [0.1, 0.15) is 21.8 Å². The van der Waals surface area contributed by atoms with Gasteiger partial charge in [-0.1, -0.05) is 11.2 Å². The molecular weight excluding hydrogens is 225 g/mol. The number of carbonyl (C=O) groups excluding carboxylic acids is 1. The van der Waals surface area contributed by atoms with Gasteiger partial charge in [0, 0.05) is 6.07 Å². The second-order valence-electron chi connectivity index (χ2n) is 3.50. The van der Waals surface area contributed by atoms with Crippen LogP contribution in [0.3, 0.4) is 0 Å². The Morgan fingerprint density at radius 1 is 1.53 bits per heavy atom. The van der Waals surface area contributed by atoms with Crippen LogP contribution in [-0.4, -0.2) is 11.4 Å². The topological polar surface area (TPSA) is 52.3 Å². The van der Waals surface area contributed by atoms with Crippen molar-refractivity contribution in [3.63, 3.8) is 0 Å². The lowest BCUT2D eigenvalue weighted by molar-refractivity contribution is 0.111. The molecular formula is C12H10FNO3. The number of para-hydroxylation sites is 1. The van der Waals surface area contributed by atoms with Gasteiger partial charge < -0.3 is 9.26 Å². The molecule has 4 nitrogen and oxygen atoms in total. The Morgan fingerprint density at radius 3 is 3.00 bits per heavy atom. The summed E-state index contributed by atoms with van der Waals surface area (Å²) in [5.41, 5.74) is 0.883. The van der Waals surface area contributed by atoms with Crippen molar-refractivity contribution in [2.75, 3.05) is 0 Å². The van der Waals surface area contributed by atoms with Crippen LogP contribution in [0.4, 0.5) is 4.39 Å². The van der Waals surface area contributed by atoms with E-state index >= 15 is 0 Å². The number of aldehydes is 1. The Morgan fingerprint density at radius 2 is 2.35 bits per heavy atom. The summed E-state index contributed by atoms with van der Waals surface area (Å²) < 4.78 is 23.5. The molecule has 0 atom stereocenters. The lowest BCUT2D eigenvalue weighted by Crippen LogP contribution is -1.99. The highest BCUT2D eigenvalue weighted by Gasteiger charge is 2.10. The fraction of sp³-hybridized carbons (Fsp3) is 0.167. The summed E-state index contributed by atoms with van der Waals surface area (Å²) in [7, 11) is 0. The quantitative estimate of drug-likeness (QED) is 0.764. The van der Waals surface area contributed by atoms with Gasteiger partial charge in [-0.15, -0.1) is 0 Å². The van der Waals surface area contributed by atoms with Crippen LogP contribution in [-0.2, 0) is 6.61 Å². The molecule has 0 unspecified atom stereocenters. The van der Waals surface area contributed by atoms with Crippen LogP contribution in [0.5, 0.6) is 5.75 Å². The first kappa shape index (κ1) is 11.3. The minimum absolute atomic E-state index is 0.0304. The summed E-state index contributed by atoms with van der Waals surface area (Å²) in [6, 6.07) is 5.84. The summed E-state index contributed by atoms with van der Waals surface area (Å²) in [5, 5.41) is 3.68. The second-order valence-corrected chi connectivity index (χ2v) is 3.50. The summed E-state index contributed by atoms with van der Waals surface area (Å²) in [5.74, 6) is -0.176. The number of rotatable bonds is 4. The fourth-order valence-corrected chi connectivity index (χ4v) is 1.40. The van der Waals surface area contributed by atoms with E-state index in [-0.39, 0.29) is 17.9 Å². The minimum Gasteiger partial charge on any atom is -0.482 e. The van der Waals surface area contributed by atoms with E-state index in [1.807, 2.05) is 0 Å². The van der Waals surface area contributed by atoms with Gasteiger partial charge in [0.2, 0.25) is 0 Å². The highest BCUT2D eigenvalue weighted by molar-refractivity contribution is 5.79. The summed E-state index contributed by atoms with van der Waals surface area (Å²) in [6.07, 6.45) is 0.546. The first-order valence-corrected chi connectivity index (χ1v) is 4.99. The van der Waals surface area contributed by atoms with Crippen molar-refractivity contribution < 1.29 is 18.4 Å². The Labute approximate surface area is 97.0 Å². The molecule has 0 bridgehead atoms. The molecule has 2 rings (SSSR count).